The molecule has 2 unspecified atom stereocenters. The van der Waals surface area contributed by atoms with Gasteiger partial charge in [0.2, 0.25) is 11.8 Å². The number of piperidine rings is 1. The van der Waals surface area contributed by atoms with Crippen LogP contribution in [0.25, 0.3) is 0 Å². The van der Waals surface area contributed by atoms with Crippen LogP contribution in [0.2, 0.25) is 0 Å². The molecule has 17 heavy (non-hydrogen) atoms. The van der Waals surface area contributed by atoms with Gasteiger partial charge < -0.3 is 5.32 Å². The van der Waals surface area contributed by atoms with Crippen molar-refractivity contribution < 1.29 is 9.59 Å². The van der Waals surface area contributed by atoms with Crippen LogP contribution in [0, 0.1) is 0 Å². The molecule has 0 saturated carbocycles. The Balaban J connectivity index is 2.05. The number of nitrogens with zero attached hydrogens (tertiary/aromatic N) is 1. The van der Waals surface area contributed by atoms with Gasteiger partial charge in [0, 0.05) is 12.6 Å². The van der Waals surface area contributed by atoms with E-state index in [9.17, 15) is 9.59 Å². The predicted octanol–water partition coefficient (Wildman–Crippen LogP) is -0.134. The average Bonchev–Trinajstić information content (AvgIpc) is 2.66. The minimum atomic E-state index is -0.243. The van der Waals surface area contributed by atoms with E-state index in [0.717, 1.165) is 38.9 Å². The van der Waals surface area contributed by atoms with E-state index in [2.05, 4.69) is 22.5 Å². The van der Waals surface area contributed by atoms with Gasteiger partial charge in [0.05, 0.1) is 12.5 Å². The maximum atomic E-state index is 11.7. The number of nitrogens with one attached hydrogen (secondary N) is 2. The van der Waals surface area contributed by atoms with Crippen molar-refractivity contribution in [1.82, 2.24) is 15.5 Å². The SMILES string of the molecule is CCCN(C1CCCNC1)C1CC(=O)NC1=O. The first kappa shape index (κ1) is 12.5. The number of hydrogen-bond acceptors (Lipinski definition) is 4. The molecule has 96 valence electrons. The van der Waals surface area contributed by atoms with Gasteiger partial charge in [-0.3, -0.25) is 19.8 Å². The maximum absolute atomic E-state index is 11.7. The summed E-state index contributed by atoms with van der Waals surface area (Å²) in [5, 5.41) is 5.77. The first-order valence-corrected chi connectivity index (χ1v) is 6.52. The van der Waals surface area contributed by atoms with Crippen LogP contribution in [-0.4, -0.2) is 48.4 Å². The van der Waals surface area contributed by atoms with Crippen molar-refractivity contribution in [2.24, 2.45) is 0 Å². The van der Waals surface area contributed by atoms with Gasteiger partial charge in [0.25, 0.3) is 0 Å². The highest BCUT2D eigenvalue weighted by Crippen LogP contribution is 2.19. The van der Waals surface area contributed by atoms with Crippen molar-refractivity contribution in [3.8, 4) is 0 Å². The Labute approximate surface area is 102 Å². The Morgan fingerprint density at radius 3 is 2.76 bits per heavy atom. The van der Waals surface area contributed by atoms with E-state index >= 15 is 0 Å². The van der Waals surface area contributed by atoms with Gasteiger partial charge in [0.15, 0.2) is 0 Å². The van der Waals surface area contributed by atoms with E-state index in [1.807, 2.05) is 0 Å². The minimum absolute atomic E-state index is 0.117. The largest absolute Gasteiger partial charge is 0.315 e. The Bertz CT molecular complexity index is 300. The molecule has 2 rings (SSSR count). The highest BCUT2D eigenvalue weighted by atomic mass is 16.2. The third kappa shape index (κ3) is 2.84. The summed E-state index contributed by atoms with van der Waals surface area (Å²) in [6, 6.07) is 0.151. The van der Waals surface area contributed by atoms with Crippen molar-refractivity contribution in [1.29, 1.82) is 0 Å². The molecule has 2 heterocycles. The first-order chi connectivity index (χ1) is 8.22. The molecule has 2 fully saturated rings. The molecule has 2 N–H and O–H groups in total. The summed E-state index contributed by atoms with van der Waals surface area (Å²) in [5.41, 5.74) is 0. The number of carbonyl (C=O) groups is 2. The van der Waals surface area contributed by atoms with E-state index in [-0.39, 0.29) is 17.9 Å². The molecule has 0 aromatic rings. The fourth-order valence-electron chi connectivity index (χ4n) is 2.78. The highest BCUT2D eigenvalue weighted by molar-refractivity contribution is 6.05. The predicted molar refractivity (Wildman–Crippen MR) is 64.4 cm³/mol. The number of imide groups is 1. The molecular formula is C12H21N3O2. The average molecular weight is 239 g/mol. The van der Waals surface area contributed by atoms with Crippen LogP contribution in [-0.2, 0) is 9.59 Å². The van der Waals surface area contributed by atoms with Crippen LogP contribution >= 0.6 is 0 Å². The van der Waals surface area contributed by atoms with Crippen LogP contribution in [0.5, 0.6) is 0 Å². The molecule has 0 radical (unpaired) electrons. The summed E-state index contributed by atoms with van der Waals surface area (Å²) < 4.78 is 0. The Morgan fingerprint density at radius 1 is 1.41 bits per heavy atom. The molecule has 2 amide bonds. The van der Waals surface area contributed by atoms with Crippen LogP contribution in [0.15, 0.2) is 0 Å². The monoisotopic (exact) mass is 239 g/mol. The maximum Gasteiger partial charge on any atom is 0.244 e. The van der Waals surface area contributed by atoms with Crippen LogP contribution in [0.4, 0.5) is 0 Å². The van der Waals surface area contributed by atoms with E-state index in [1.165, 1.54) is 0 Å². The van der Waals surface area contributed by atoms with Crippen LogP contribution in [0.3, 0.4) is 0 Å². The third-order valence-electron chi connectivity index (χ3n) is 3.57. The molecule has 2 aliphatic heterocycles. The zero-order valence-electron chi connectivity index (χ0n) is 10.4. The lowest BCUT2D eigenvalue weighted by molar-refractivity contribution is -0.126. The molecule has 0 aliphatic carbocycles. The molecule has 0 aromatic heterocycles. The quantitative estimate of drug-likeness (QED) is 0.671. The first-order valence-electron chi connectivity index (χ1n) is 6.52. The summed E-state index contributed by atoms with van der Waals surface area (Å²) in [6.45, 7) is 4.99. The summed E-state index contributed by atoms with van der Waals surface area (Å²) in [4.78, 5) is 25.2. The normalized spacial score (nSPS) is 29.8. The van der Waals surface area contributed by atoms with E-state index < -0.39 is 0 Å². The molecule has 0 aromatic carbocycles. The fourth-order valence-corrected chi connectivity index (χ4v) is 2.78. The topological polar surface area (TPSA) is 61.4 Å². The lowest BCUT2D eigenvalue weighted by Crippen LogP contribution is -2.52. The second kappa shape index (κ2) is 5.60. The highest BCUT2D eigenvalue weighted by Gasteiger charge is 2.38. The van der Waals surface area contributed by atoms with Gasteiger partial charge >= 0.3 is 0 Å². The van der Waals surface area contributed by atoms with Gasteiger partial charge in [0.1, 0.15) is 0 Å². The molecule has 2 atom stereocenters. The molecular weight excluding hydrogens is 218 g/mol. The smallest absolute Gasteiger partial charge is 0.244 e. The van der Waals surface area contributed by atoms with Crippen molar-refractivity contribution >= 4 is 11.8 Å². The van der Waals surface area contributed by atoms with Crippen molar-refractivity contribution in [3.05, 3.63) is 0 Å². The summed E-state index contributed by atoms with van der Waals surface area (Å²) in [5.74, 6) is -0.251. The fraction of sp³-hybridized carbons (Fsp3) is 0.833. The molecule has 0 bridgehead atoms. The van der Waals surface area contributed by atoms with Crippen LogP contribution < -0.4 is 10.6 Å². The molecule has 2 aliphatic rings. The number of rotatable bonds is 4. The summed E-state index contributed by atoms with van der Waals surface area (Å²) in [6.07, 6.45) is 3.60. The van der Waals surface area contributed by atoms with Gasteiger partial charge in [-0.05, 0) is 32.4 Å². The van der Waals surface area contributed by atoms with Gasteiger partial charge in [-0.15, -0.1) is 0 Å². The van der Waals surface area contributed by atoms with Gasteiger partial charge in [-0.2, -0.15) is 0 Å². The second-order valence-corrected chi connectivity index (χ2v) is 4.87. The molecule has 0 spiro atoms. The summed E-state index contributed by atoms with van der Waals surface area (Å²) in [7, 11) is 0. The van der Waals surface area contributed by atoms with Crippen LogP contribution in [0.1, 0.15) is 32.6 Å². The Morgan fingerprint density at radius 2 is 2.24 bits per heavy atom. The zero-order valence-corrected chi connectivity index (χ0v) is 10.4. The van der Waals surface area contributed by atoms with Crippen molar-refractivity contribution in [3.63, 3.8) is 0 Å². The Hall–Kier alpha value is -0.940. The van der Waals surface area contributed by atoms with E-state index in [4.69, 9.17) is 0 Å². The van der Waals surface area contributed by atoms with E-state index in [1.54, 1.807) is 0 Å². The van der Waals surface area contributed by atoms with Gasteiger partial charge in [-0.1, -0.05) is 6.92 Å². The lowest BCUT2D eigenvalue weighted by atomic mass is 10.0. The molecule has 2 saturated heterocycles. The second-order valence-electron chi connectivity index (χ2n) is 4.87. The van der Waals surface area contributed by atoms with E-state index in [0.29, 0.717) is 12.5 Å². The molecule has 5 nitrogen and oxygen atoms in total. The van der Waals surface area contributed by atoms with Crippen molar-refractivity contribution in [2.75, 3.05) is 19.6 Å². The Kier molecular flexibility index (Phi) is 4.12. The minimum Gasteiger partial charge on any atom is -0.315 e. The summed E-state index contributed by atoms with van der Waals surface area (Å²) >= 11 is 0. The number of carbonyl (C=O) groups excluding carboxylic acids is 2. The molecule has 5 heteroatoms. The number of amides is 2. The number of hydrogen-bond donors (Lipinski definition) is 2. The lowest BCUT2D eigenvalue weighted by Gasteiger charge is -2.37. The van der Waals surface area contributed by atoms with Gasteiger partial charge in [-0.25, -0.2) is 0 Å². The zero-order chi connectivity index (χ0) is 12.3. The third-order valence-corrected chi connectivity index (χ3v) is 3.57. The van der Waals surface area contributed by atoms with Crippen molar-refractivity contribution in [2.45, 2.75) is 44.7 Å². The standard InChI is InChI=1S/C12H21N3O2/c1-2-6-15(9-4-3-5-13-8-9)10-7-11(16)14-12(10)17/h9-10,13H,2-8H2,1H3,(H,14,16,17).